The van der Waals surface area contributed by atoms with E-state index in [1.165, 1.54) is 6.92 Å². The third kappa shape index (κ3) is 6.12. The minimum Gasteiger partial charge on any atom is -0.454 e. The van der Waals surface area contributed by atoms with Gasteiger partial charge in [-0.05, 0) is 11.1 Å². The van der Waals surface area contributed by atoms with Crippen molar-refractivity contribution in [1.82, 2.24) is 0 Å². The number of azide groups is 1. The van der Waals surface area contributed by atoms with E-state index >= 15 is 0 Å². The van der Waals surface area contributed by atoms with E-state index in [4.69, 9.17) is 34.0 Å². The summed E-state index contributed by atoms with van der Waals surface area (Å²) in [5, 5.41) is 3.47. The number of ether oxygens (including phenoxy) is 6. The third-order valence-corrected chi connectivity index (χ3v) is 5.48. The van der Waals surface area contributed by atoms with Crippen molar-refractivity contribution in [2.45, 2.75) is 50.5 Å². The SMILES string of the molecule is CC(=O)O[C@@H]1[C@@H](OCCN=[N+]=[N-])O[C@@H]2CO[C@@H](c3ccccc3)O[C@H]2[C@@H]1OCc1ccccc1. The van der Waals surface area contributed by atoms with Gasteiger partial charge in [0.1, 0.15) is 18.3 Å². The molecule has 4 rings (SSSR count). The van der Waals surface area contributed by atoms with Gasteiger partial charge in [-0.15, -0.1) is 0 Å². The van der Waals surface area contributed by atoms with Crippen LogP contribution < -0.4 is 0 Å². The molecule has 6 atom stereocenters. The highest BCUT2D eigenvalue weighted by atomic mass is 16.8. The van der Waals surface area contributed by atoms with Crippen LogP contribution >= 0.6 is 0 Å². The van der Waals surface area contributed by atoms with Crippen LogP contribution in [0, 0.1) is 0 Å². The van der Waals surface area contributed by atoms with Gasteiger partial charge >= 0.3 is 5.97 Å². The van der Waals surface area contributed by atoms with Crippen LogP contribution in [0.4, 0.5) is 0 Å². The van der Waals surface area contributed by atoms with Crippen LogP contribution in [-0.4, -0.2) is 56.4 Å². The predicted octanol–water partition coefficient (Wildman–Crippen LogP) is 3.67. The van der Waals surface area contributed by atoms with E-state index in [0.717, 1.165) is 11.1 Å². The van der Waals surface area contributed by atoms with Crippen molar-refractivity contribution >= 4 is 5.97 Å². The van der Waals surface area contributed by atoms with Crippen molar-refractivity contribution in [1.29, 1.82) is 0 Å². The molecule has 2 aliphatic heterocycles. The van der Waals surface area contributed by atoms with Crippen LogP contribution in [0.5, 0.6) is 0 Å². The zero-order valence-electron chi connectivity index (χ0n) is 18.8. The molecule has 0 bridgehead atoms. The lowest BCUT2D eigenvalue weighted by Crippen LogP contribution is -2.64. The van der Waals surface area contributed by atoms with Crippen molar-refractivity contribution in [2.24, 2.45) is 5.11 Å². The van der Waals surface area contributed by atoms with E-state index in [1.54, 1.807) is 0 Å². The first kappa shape index (κ1) is 24.2. The normalized spacial score (nSPS) is 28.4. The van der Waals surface area contributed by atoms with Gasteiger partial charge in [-0.25, -0.2) is 0 Å². The topological polar surface area (TPSA) is 121 Å². The summed E-state index contributed by atoms with van der Waals surface area (Å²) in [7, 11) is 0. The number of carbonyl (C=O) groups excluding carboxylic acids is 1. The second-order valence-electron chi connectivity index (χ2n) is 7.88. The lowest BCUT2D eigenvalue weighted by Gasteiger charge is -2.48. The number of nitrogens with zero attached hydrogens (tertiary/aromatic N) is 3. The Morgan fingerprint density at radius 3 is 2.50 bits per heavy atom. The Labute approximate surface area is 197 Å². The number of carbonyl (C=O) groups is 1. The summed E-state index contributed by atoms with van der Waals surface area (Å²) in [4.78, 5) is 14.7. The Kier molecular flexibility index (Phi) is 8.48. The van der Waals surface area contributed by atoms with Gasteiger partial charge in [-0.1, -0.05) is 65.8 Å². The molecule has 0 radical (unpaired) electrons. The molecule has 0 aliphatic carbocycles. The van der Waals surface area contributed by atoms with Gasteiger partial charge in [0.15, 0.2) is 18.7 Å². The van der Waals surface area contributed by atoms with Gasteiger partial charge in [0.25, 0.3) is 0 Å². The van der Waals surface area contributed by atoms with Crippen molar-refractivity contribution in [3.05, 3.63) is 82.2 Å². The van der Waals surface area contributed by atoms with E-state index in [2.05, 4.69) is 10.0 Å². The van der Waals surface area contributed by atoms with Crippen LogP contribution in [0.15, 0.2) is 65.8 Å². The number of hydrogen-bond donors (Lipinski definition) is 0. The van der Waals surface area contributed by atoms with Gasteiger partial charge in [0.05, 0.1) is 19.8 Å². The molecule has 180 valence electrons. The Morgan fingerprint density at radius 2 is 1.79 bits per heavy atom. The van der Waals surface area contributed by atoms with E-state index in [9.17, 15) is 4.79 Å². The average Bonchev–Trinajstić information content (AvgIpc) is 2.86. The summed E-state index contributed by atoms with van der Waals surface area (Å²) < 4.78 is 36.0. The zero-order valence-corrected chi connectivity index (χ0v) is 18.8. The fourth-order valence-electron chi connectivity index (χ4n) is 3.99. The smallest absolute Gasteiger partial charge is 0.303 e. The summed E-state index contributed by atoms with van der Waals surface area (Å²) in [5.41, 5.74) is 10.3. The molecule has 10 nitrogen and oxygen atoms in total. The maximum Gasteiger partial charge on any atom is 0.303 e. The Balaban J connectivity index is 1.57. The molecule has 2 aliphatic rings. The fraction of sp³-hybridized carbons (Fsp3) is 0.458. The minimum absolute atomic E-state index is 0.0869. The first-order valence-corrected chi connectivity index (χ1v) is 11.1. The Hall–Kier alpha value is -2.98. The van der Waals surface area contributed by atoms with Crippen LogP contribution in [0.1, 0.15) is 24.3 Å². The Bertz CT molecular complexity index is 971. The third-order valence-electron chi connectivity index (χ3n) is 5.48. The summed E-state index contributed by atoms with van der Waals surface area (Å²) in [6.07, 6.45) is -4.25. The van der Waals surface area contributed by atoms with E-state index in [0.29, 0.717) is 0 Å². The molecular formula is C24H27N3O7. The molecule has 0 spiro atoms. The van der Waals surface area contributed by atoms with Gasteiger partial charge < -0.3 is 28.4 Å². The van der Waals surface area contributed by atoms with Crippen molar-refractivity contribution < 1.29 is 33.2 Å². The summed E-state index contributed by atoms with van der Waals surface area (Å²) in [6.45, 7) is 2.02. The predicted molar refractivity (Wildman–Crippen MR) is 119 cm³/mol. The molecule has 2 heterocycles. The first-order chi connectivity index (χ1) is 16.7. The standard InChI is InChI=1S/C24H27N3O7/c1-16(28)32-22-21(30-14-17-8-4-2-5-9-17)20-19(33-24(22)29-13-12-26-27-25)15-31-23(34-20)18-10-6-3-7-11-18/h2-11,19-24H,12-15H2,1H3/t19-,20-,21+,22+,23-,24+/m1/s1. The van der Waals surface area contributed by atoms with Crippen LogP contribution in [0.3, 0.4) is 0 Å². The number of esters is 1. The highest BCUT2D eigenvalue weighted by Crippen LogP contribution is 2.37. The maximum absolute atomic E-state index is 12.0. The van der Waals surface area contributed by atoms with Crippen LogP contribution in [-0.2, 0) is 39.8 Å². The molecule has 0 unspecified atom stereocenters. The number of fused-ring (bicyclic) bond motifs is 1. The average molecular weight is 469 g/mol. The van der Waals surface area contributed by atoms with Crippen molar-refractivity contribution in [3.63, 3.8) is 0 Å². The van der Waals surface area contributed by atoms with E-state index < -0.39 is 43.0 Å². The zero-order chi connectivity index (χ0) is 23.8. The molecule has 2 aromatic carbocycles. The monoisotopic (exact) mass is 469 g/mol. The number of rotatable bonds is 9. The van der Waals surface area contributed by atoms with Gasteiger partial charge in [0, 0.05) is 23.9 Å². The molecule has 0 saturated carbocycles. The molecule has 0 aromatic heterocycles. The lowest BCUT2D eigenvalue weighted by molar-refractivity contribution is -0.367. The van der Waals surface area contributed by atoms with E-state index in [-0.39, 0.29) is 26.4 Å². The Morgan fingerprint density at radius 1 is 1.06 bits per heavy atom. The highest BCUT2D eigenvalue weighted by molar-refractivity contribution is 5.66. The van der Waals surface area contributed by atoms with Gasteiger partial charge in [0.2, 0.25) is 0 Å². The number of hydrogen-bond acceptors (Lipinski definition) is 8. The number of benzene rings is 2. The van der Waals surface area contributed by atoms with E-state index in [1.807, 2.05) is 60.7 Å². The second-order valence-corrected chi connectivity index (χ2v) is 7.88. The van der Waals surface area contributed by atoms with Gasteiger partial charge in [-0.3, -0.25) is 4.79 Å². The molecule has 0 N–H and O–H groups in total. The first-order valence-electron chi connectivity index (χ1n) is 11.1. The summed E-state index contributed by atoms with van der Waals surface area (Å²) >= 11 is 0. The summed E-state index contributed by atoms with van der Waals surface area (Å²) in [5.74, 6) is -0.504. The molecule has 10 heteroatoms. The minimum atomic E-state index is -0.944. The van der Waals surface area contributed by atoms with Crippen molar-refractivity contribution in [3.8, 4) is 0 Å². The van der Waals surface area contributed by atoms with Crippen molar-refractivity contribution in [2.75, 3.05) is 19.8 Å². The molecular weight excluding hydrogens is 442 g/mol. The molecule has 34 heavy (non-hydrogen) atoms. The molecule has 0 amide bonds. The maximum atomic E-state index is 12.0. The quantitative estimate of drug-likeness (QED) is 0.181. The molecule has 2 fully saturated rings. The highest BCUT2D eigenvalue weighted by Gasteiger charge is 2.52. The second kappa shape index (κ2) is 11.9. The molecule has 2 saturated heterocycles. The fourth-order valence-corrected chi connectivity index (χ4v) is 3.99. The van der Waals surface area contributed by atoms with Crippen LogP contribution in [0.25, 0.3) is 10.4 Å². The summed E-state index contributed by atoms with van der Waals surface area (Å²) in [6, 6.07) is 19.2. The largest absolute Gasteiger partial charge is 0.454 e. The van der Waals surface area contributed by atoms with Gasteiger partial charge in [-0.2, -0.15) is 0 Å². The molecule has 2 aromatic rings. The van der Waals surface area contributed by atoms with Crippen LogP contribution in [0.2, 0.25) is 0 Å². The lowest BCUT2D eigenvalue weighted by atomic mass is 9.97.